The Bertz CT molecular complexity index is 1070. The molecule has 0 aromatic heterocycles. The molecule has 0 aliphatic carbocycles. The number of hydrogen-bond acceptors (Lipinski definition) is 8. The van der Waals surface area contributed by atoms with Crippen LogP contribution in [-0.2, 0) is 14.8 Å². The number of aliphatic hydroxyl groups is 1. The zero-order valence-corrected chi connectivity index (χ0v) is 17.3. The molecular formula is C20H23N5O4S. The molecule has 1 saturated heterocycles. The van der Waals surface area contributed by atoms with Crippen molar-refractivity contribution >= 4 is 32.8 Å². The summed E-state index contributed by atoms with van der Waals surface area (Å²) in [4.78, 5) is 0.179. The largest absolute Gasteiger partial charge is 0.379 e. The van der Waals surface area contributed by atoms with E-state index in [-0.39, 0.29) is 4.90 Å². The van der Waals surface area contributed by atoms with Gasteiger partial charge in [-0.1, -0.05) is 24.3 Å². The second-order valence-electron chi connectivity index (χ2n) is 6.89. The first-order chi connectivity index (χ1) is 14.5. The molecule has 2 aromatic carbocycles. The predicted octanol–water partition coefficient (Wildman–Crippen LogP) is 1.69. The molecule has 158 valence electrons. The zero-order chi connectivity index (χ0) is 21.1. The lowest BCUT2D eigenvalue weighted by Crippen LogP contribution is -2.40. The van der Waals surface area contributed by atoms with Crippen LogP contribution in [0.2, 0.25) is 0 Å². The van der Waals surface area contributed by atoms with Gasteiger partial charge in [-0.3, -0.25) is 5.43 Å². The van der Waals surface area contributed by atoms with Gasteiger partial charge in [0.25, 0.3) is 0 Å². The molecule has 0 amide bonds. The fraction of sp³-hybridized carbons (Fsp3) is 0.300. The average molecular weight is 430 g/mol. The summed E-state index contributed by atoms with van der Waals surface area (Å²) in [7, 11) is -3.60. The summed E-state index contributed by atoms with van der Waals surface area (Å²) in [5.74, 6) is 0. The normalized spacial score (nSPS) is 21.7. The van der Waals surface area contributed by atoms with Gasteiger partial charge in [0.2, 0.25) is 10.0 Å². The fourth-order valence-electron chi connectivity index (χ4n) is 3.28. The number of ether oxygens (including phenoxy) is 1. The van der Waals surface area contributed by atoms with Gasteiger partial charge in [0.15, 0.2) is 6.23 Å². The van der Waals surface area contributed by atoms with Crippen LogP contribution >= 0.6 is 0 Å². The molecule has 2 aliphatic rings. The van der Waals surface area contributed by atoms with Crippen LogP contribution in [-0.4, -0.2) is 61.8 Å². The highest BCUT2D eigenvalue weighted by atomic mass is 32.2. The molecule has 10 heteroatoms. The highest BCUT2D eigenvalue weighted by Crippen LogP contribution is 2.23. The van der Waals surface area contributed by atoms with Crippen LogP contribution in [0.3, 0.4) is 0 Å². The third kappa shape index (κ3) is 4.08. The average Bonchev–Trinajstić information content (AvgIpc) is 3.07. The second kappa shape index (κ2) is 8.52. The Labute approximate surface area is 175 Å². The summed E-state index contributed by atoms with van der Waals surface area (Å²) < 4.78 is 32.3. The fourth-order valence-corrected chi connectivity index (χ4v) is 4.73. The first-order valence-electron chi connectivity index (χ1n) is 9.56. The number of para-hydroxylation sites is 1. The zero-order valence-electron chi connectivity index (χ0n) is 16.5. The van der Waals surface area contributed by atoms with E-state index in [0.29, 0.717) is 43.4 Å². The van der Waals surface area contributed by atoms with Crippen molar-refractivity contribution in [2.45, 2.75) is 18.0 Å². The molecule has 2 heterocycles. The van der Waals surface area contributed by atoms with Gasteiger partial charge >= 0.3 is 0 Å². The van der Waals surface area contributed by atoms with Gasteiger partial charge in [-0.05, 0) is 37.3 Å². The Morgan fingerprint density at radius 3 is 2.60 bits per heavy atom. The lowest BCUT2D eigenvalue weighted by Gasteiger charge is -2.26. The topological polar surface area (TPSA) is 107 Å². The highest BCUT2D eigenvalue weighted by Gasteiger charge is 2.31. The molecule has 0 saturated carbocycles. The highest BCUT2D eigenvalue weighted by molar-refractivity contribution is 7.89. The molecule has 9 nitrogen and oxygen atoms in total. The third-order valence-electron chi connectivity index (χ3n) is 4.87. The molecule has 0 unspecified atom stereocenters. The molecule has 2 aliphatic heterocycles. The van der Waals surface area contributed by atoms with Crippen LogP contribution < -0.4 is 10.4 Å². The standard InChI is InChI=1S/C20H23N5O4S/c1-15-19(20(26)25(23-15)17-7-3-2-4-8-17)22-21-16-6-5-9-18(14-16)30(27,28)24-10-12-29-13-11-24/h2-9,14,20-21,26H,10-13H2,1H3/t20-/m0/s1. The molecule has 30 heavy (non-hydrogen) atoms. The quantitative estimate of drug-likeness (QED) is 0.701. The lowest BCUT2D eigenvalue weighted by molar-refractivity contribution is 0.0730. The van der Waals surface area contributed by atoms with Crippen LogP contribution in [0.15, 0.2) is 69.7 Å². The van der Waals surface area contributed by atoms with Crippen LogP contribution in [0.5, 0.6) is 0 Å². The Balaban J connectivity index is 1.52. The van der Waals surface area contributed by atoms with Crippen molar-refractivity contribution in [3.63, 3.8) is 0 Å². The number of sulfonamides is 1. The molecule has 4 rings (SSSR count). The van der Waals surface area contributed by atoms with Gasteiger partial charge in [0, 0.05) is 13.1 Å². The van der Waals surface area contributed by atoms with Crippen LogP contribution in [0, 0.1) is 0 Å². The van der Waals surface area contributed by atoms with Gasteiger partial charge in [0.05, 0.1) is 35.2 Å². The maximum absolute atomic E-state index is 12.8. The molecule has 1 atom stereocenters. The van der Waals surface area contributed by atoms with Gasteiger partial charge in [-0.15, -0.1) is 0 Å². The predicted molar refractivity (Wildman–Crippen MR) is 115 cm³/mol. The van der Waals surface area contributed by atoms with E-state index in [1.807, 2.05) is 30.3 Å². The van der Waals surface area contributed by atoms with E-state index in [1.165, 1.54) is 15.4 Å². The molecule has 0 bridgehead atoms. The third-order valence-corrected chi connectivity index (χ3v) is 6.77. The van der Waals surface area contributed by atoms with Crippen LogP contribution in [0.4, 0.5) is 11.4 Å². The summed E-state index contributed by atoms with van der Waals surface area (Å²) in [6.07, 6.45) is -1.04. The summed E-state index contributed by atoms with van der Waals surface area (Å²) in [6, 6.07) is 15.7. The molecule has 2 aromatic rings. The van der Waals surface area contributed by atoms with Crippen LogP contribution in [0.1, 0.15) is 6.92 Å². The maximum atomic E-state index is 12.8. The van der Waals surface area contributed by atoms with E-state index >= 15 is 0 Å². The Kier molecular flexibility index (Phi) is 5.82. The van der Waals surface area contributed by atoms with Gasteiger partial charge in [-0.2, -0.15) is 14.5 Å². The van der Waals surface area contributed by atoms with Crippen molar-refractivity contribution in [2.24, 2.45) is 10.2 Å². The Morgan fingerprint density at radius 2 is 1.87 bits per heavy atom. The van der Waals surface area contributed by atoms with E-state index in [9.17, 15) is 13.5 Å². The van der Waals surface area contributed by atoms with E-state index in [1.54, 1.807) is 25.1 Å². The van der Waals surface area contributed by atoms with Gasteiger partial charge in [-0.25, -0.2) is 13.4 Å². The van der Waals surface area contributed by atoms with Crippen molar-refractivity contribution in [3.05, 3.63) is 54.6 Å². The molecule has 1 fully saturated rings. The minimum absolute atomic E-state index is 0.179. The number of anilines is 2. The second-order valence-corrected chi connectivity index (χ2v) is 8.83. The molecule has 2 N–H and O–H groups in total. The van der Waals surface area contributed by atoms with Crippen LogP contribution in [0.25, 0.3) is 0 Å². The number of rotatable bonds is 5. The summed E-state index contributed by atoms with van der Waals surface area (Å²) in [5.41, 5.74) is 5.01. The van der Waals surface area contributed by atoms with E-state index in [4.69, 9.17) is 4.74 Å². The number of nitrogens with one attached hydrogen (secondary N) is 1. The number of benzene rings is 2. The summed E-state index contributed by atoms with van der Waals surface area (Å²) in [6.45, 7) is 3.20. The van der Waals surface area contributed by atoms with Crippen molar-refractivity contribution in [1.82, 2.24) is 4.31 Å². The van der Waals surface area contributed by atoms with Crippen molar-refractivity contribution in [3.8, 4) is 0 Å². The van der Waals surface area contributed by atoms with E-state index < -0.39 is 16.3 Å². The van der Waals surface area contributed by atoms with Crippen molar-refractivity contribution in [1.29, 1.82) is 0 Å². The molecule has 0 spiro atoms. The SMILES string of the molecule is CC1=NN(c2ccccc2)[C@@H](O)C1=NNc1cccc(S(=O)(=O)N2CCOCC2)c1. The minimum atomic E-state index is -3.60. The maximum Gasteiger partial charge on any atom is 0.243 e. The minimum Gasteiger partial charge on any atom is -0.379 e. The van der Waals surface area contributed by atoms with E-state index in [2.05, 4.69) is 15.6 Å². The number of hydrogen-bond donors (Lipinski definition) is 2. The molecular weight excluding hydrogens is 406 g/mol. The van der Waals surface area contributed by atoms with E-state index in [0.717, 1.165) is 5.69 Å². The number of morpholine rings is 1. The Hall–Kier alpha value is -2.79. The first-order valence-corrected chi connectivity index (χ1v) is 11.0. The lowest BCUT2D eigenvalue weighted by atomic mass is 10.2. The summed E-state index contributed by atoms with van der Waals surface area (Å²) in [5, 5.41) is 20.8. The number of hydrazone groups is 2. The molecule has 0 radical (unpaired) electrons. The first kappa shape index (κ1) is 20.5. The monoisotopic (exact) mass is 429 g/mol. The number of nitrogens with zero attached hydrogens (tertiary/aromatic N) is 4. The van der Waals surface area contributed by atoms with Gasteiger partial charge < -0.3 is 9.84 Å². The van der Waals surface area contributed by atoms with Crippen molar-refractivity contribution < 1.29 is 18.3 Å². The Morgan fingerprint density at radius 1 is 1.13 bits per heavy atom. The number of aliphatic hydroxyl groups excluding tert-OH is 1. The van der Waals surface area contributed by atoms with Crippen molar-refractivity contribution in [2.75, 3.05) is 36.7 Å². The smallest absolute Gasteiger partial charge is 0.243 e. The summed E-state index contributed by atoms with van der Waals surface area (Å²) >= 11 is 0. The van der Waals surface area contributed by atoms with Gasteiger partial charge in [0.1, 0.15) is 5.71 Å².